The summed E-state index contributed by atoms with van der Waals surface area (Å²) in [5, 5.41) is 7.44. The smallest absolute Gasteiger partial charge is 0.0645 e. The van der Waals surface area contributed by atoms with E-state index >= 15 is 0 Å². The fraction of sp³-hybridized carbons (Fsp3) is 0.108. The van der Waals surface area contributed by atoms with Gasteiger partial charge in [0.05, 0.1) is 69.6 Å². The summed E-state index contributed by atoms with van der Waals surface area (Å²) in [6.07, 6.45) is 0. The van der Waals surface area contributed by atoms with Gasteiger partial charge in [-0.3, -0.25) is 0 Å². The van der Waals surface area contributed by atoms with Gasteiger partial charge >= 0.3 is 0 Å². The molecule has 0 spiro atoms. The molecule has 0 N–H and O–H groups in total. The van der Waals surface area contributed by atoms with Crippen molar-refractivity contribution in [3.05, 3.63) is 254 Å². The highest BCUT2D eigenvalue weighted by molar-refractivity contribution is 6.32. The van der Waals surface area contributed by atoms with Crippen molar-refractivity contribution in [2.45, 2.75) is 52.4 Å². The Balaban J connectivity index is 1.04. The van der Waals surface area contributed by atoms with E-state index < -0.39 is 36.3 Å². The van der Waals surface area contributed by atoms with Crippen LogP contribution in [-0.4, -0.2) is 8.80 Å². The molecular formula is C74H58N4. The highest BCUT2D eigenvalue weighted by atomic mass is 15.2. The van der Waals surface area contributed by atoms with Crippen LogP contribution in [0.1, 0.15) is 66.4 Å². The lowest BCUT2D eigenvalue weighted by Gasteiger charge is -2.30. The number of fused-ring (bicyclic) bond motifs is 12. The van der Waals surface area contributed by atoms with Gasteiger partial charge in [0.25, 0.3) is 0 Å². The molecule has 11 aromatic carbocycles. The lowest BCUT2D eigenvalue weighted by molar-refractivity contribution is 0.590. The summed E-state index contributed by atoms with van der Waals surface area (Å²) in [6, 6.07) is 58.0. The third kappa shape index (κ3) is 6.85. The normalized spacial score (nSPS) is 14.3. The van der Waals surface area contributed by atoms with Gasteiger partial charge in [-0.2, -0.15) is 0 Å². The Morgan fingerprint density at radius 1 is 0.333 bits per heavy atom. The van der Waals surface area contributed by atoms with Gasteiger partial charge in [-0.05, 0) is 118 Å². The van der Waals surface area contributed by atoms with Crippen LogP contribution in [0.25, 0.3) is 98.4 Å². The minimum Gasteiger partial charge on any atom is -0.309 e. The van der Waals surface area contributed by atoms with E-state index in [0.717, 1.165) is 110 Å². The largest absolute Gasteiger partial charge is 0.309 e. The molecule has 4 nitrogen and oxygen atoms in total. The van der Waals surface area contributed by atoms with Gasteiger partial charge in [0.15, 0.2) is 0 Å². The number of hydrogen-bond donors (Lipinski definition) is 0. The van der Waals surface area contributed by atoms with Crippen LogP contribution in [0.2, 0.25) is 0 Å². The number of hydrogen-bond acceptors (Lipinski definition) is 2. The van der Waals surface area contributed by atoms with E-state index in [1.165, 1.54) is 0 Å². The zero-order valence-corrected chi connectivity index (χ0v) is 44.1. The van der Waals surface area contributed by atoms with Crippen LogP contribution in [0.5, 0.6) is 0 Å². The molecule has 4 heterocycles. The van der Waals surface area contributed by atoms with E-state index in [1.807, 2.05) is 119 Å². The van der Waals surface area contributed by atoms with Crippen LogP contribution in [0.15, 0.2) is 242 Å². The van der Waals surface area contributed by atoms with Crippen molar-refractivity contribution < 1.29 is 13.7 Å². The van der Waals surface area contributed by atoms with Crippen molar-refractivity contribution in [2.24, 2.45) is 0 Å². The lowest BCUT2D eigenvalue weighted by Crippen LogP contribution is -2.15. The first-order chi connectivity index (χ1) is 42.1. The number of para-hydroxylation sites is 4. The molecule has 0 bridgehead atoms. The van der Waals surface area contributed by atoms with Crippen LogP contribution in [0.3, 0.4) is 0 Å². The molecule has 0 saturated carbocycles. The molecule has 0 aliphatic rings. The van der Waals surface area contributed by atoms with E-state index in [2.05, 4.69) is 123 Å². The molecule has 0 amide bonds. The average molecular weight is 1010 g/mol. The van der Waals surface area contributed by atoms with E-state index in [0.29, 0.717) is 22.7 Å². The quantitative estimate of drug-likeness (QED) is 0.151. The molecule has 0 aliphatic carbocycles. The zero-order valence-electron chi connectivity index (χ0n) is 54.1. The summed E-state index contributed by atoms with van der Waals surface area (Å²) in [7, 11) is 0. The monoisotopic (exact) mass is 1010 g/mol. The summed E-state index contributed by atoms with van der Waals surface area (Å²) < 4.78 is 96.8. The highest BCUT2D eigenvalue weighted by Gasteiger charge is 2.30. The SMILES string of the molecule is [2H]c1c([2H])c([2H])c(N(c2ccc(C(C)(C)C)cc2-c2ccccc2)c2ccc3c4cc5c(cc4n4c6ccccc6c2c34)c2ccc(N(c3ccc(C(C)(C)C)cc3-c3ccccc3)c3c([2H])c([2H])c([2H])c([2H])c3[2H])c3c4ccccc4n5c23)c([2H])c1[2H]. The molecule has 4 aromatic heterocycles. The molecule has 0 aliphatic heterocycles. The Morgan fingerprint density at radius 2 is 0.705 bits per heavy atom. The average Bonchev–Trinajstić information content (AvgIpc) is 1.52. The second kappa shape index (κ2) is 17.1. The molecule has 0 atom stereocenters. The number of aromatic nitrogens is 2. The number of nitrogens with zero attached hydrogens (tertiary/aromatic N) is 4. The molecule has 0 radical (unpaired) electrons. The third-order valence-electron chi connectivity index (χ3n) is 16.0. The van der Waals surface area contributed by atoms with E-state index in [9.17, 15) is 5.48 Å². The third-order valence-corrected chi connectivity index (χ3v) is 16.0. The number of anilines is 6. The molecule has 15 rings (SSSR count). The van der Waals surface area contributed by atoms with Crippen LogP contribution < -0.4 is 9.80 Å². The molecule has 4 heteroatoms. The number of benzene rings is 11. The van der Waals surface area contributed by atoms with Crippen LogP contribution in [-0.2, 0) is 10.8 Å². The second-order valence-electron chi connectivity index (χ2n) is 22.6. The first-order valence-corrected chi connectivity index (χ1v) is 26.6. The maximum atomic E-state index is 9.62. The van der Waals surface area contributed by atoms with Crippen LogP contribution >= 0.6 is 0 Å². The van der Waals surface area contributed by atoms with Crippen LogP contribution in [0.4, 0.5) is 34.1 Å². The predicted molar refractivity (Wildman–Crippen MR) is 333 cm³/mol. The number of rotatable bonds is 8. The van der Waals surface area contributed by atoms with Gasteiger partial charge < -0.3 is 18.6 Å². The molecule has 78 heavy (non-hydrogen) atoms. The van der Waals surface area contributed by atoms with Gasteiger partial charge in [0, 0.05) is 65.6 Å². The van der Waals surface area contributed by atoms with E-state index in [1.54, 1.807) is 0 Å². The molecular weight excluding hydrogens is 945 g/mol. The standard InChI is InChI=1S/C74H58N4/c1-73(2,3)49-35-39-63(57(43-49)47-23-11-7-12-24-47)75(51-27-15-9-16-28-51)65-41-37-53-59-45-68-60(46-67(59)77-61-33-21-19-31-55(61)69(65)71(53)77)54-38-42-66(70-56-32-20-22-34-62(56)78(68)72(54)70)76(52-29-17-10-18-30-52)64-40-36-50(74(4,5)6)44-58(64)48-25-13-8-14-26-48/h7-46H,1-6H3/i9D,10D,15D,16D,17D,18D,27D,28D,29D,30D. The Labute approximate surface area is 469 Å². The Morgan fingerprint density at radius 3 is 1.10 bits per heavy atom. The molecule has 0 unspecified atom stereocenters. The topological polar surface area (TPSA) is 15.3 Å². The first-order valence-electron chi connectivity index (χ1n) is 31.6. The lowest BCUT2D eigenvalue weighted by atomic mass is 9.84. The van der Waals surface area contributed by atoms with Crippen molar-refractivity contribution in [1.29, 1.82) is 0 Å². The minimum absolute atomic E-state index is 0.0381. The zero-order chi connectivity index (χ0) is 61.3. The fourth-order valence-electron chi connectivity index (χ4n) is 12.4. The van der Waals surface area contributed by atoms with Crippen molar-refractivity contribution in [3.63, 3.8) is 0 Å². The van der Waals surface area contributed by atoms with Crippen molar-refractivity contribution in [2.75, 3.05) is 9.80 Å². The van der Waals surface area contributed by atoms with Gasteiger partial charge in [-0.15, -0.1) is 0 Å². The van der Waals surface area contributed by atoms with Gasteiger partial charge in [0.1, 0.15) is 0 Å². The fourth-order valence-corrected chi connectivity index (χ4v) is 12.4. The van der Waals surface area contributed by atoms with E-state index in [4.69, 9.17) is 8.22 Å². The first kappa shape index (κ1) is 36.6. The van der Waals surface area contributed by atoms with Gasteiger partial charge in [-0.25, -0.2) is 0 Å². The Bertz CT molecular complexity index is 5030. The Hall–Kier alpha value is -9.38. The summed E-state index contributed by atoms with van der Waals surface area (Å²) in [4.78, 5) is 3.78. The predicted octanol–water partition coefficient (Wildman–Crippen LogP) is 20.9. The Kier molecular flexibility index (Phi) is 8.00. The van der Waals surface area contributed by atoms with Gasteiger partial charge in [0.2, 0.25) is 0 Å². The minimum atomic E-state index is -0.469. The van der Waals surface area contributed by atoms with Crippen LogP contribution in [0, 0.1) is 0 Å². The molecule has 15 aromatic rings. The maximum absolute atomic E-state index is 9.62. The highest BCUT2D eigenvalue weighted by Crippen LogP contribution is 2.53. The van der Waals surface area contributed by atoms with Crippen molar-refractivity contribution >= 4 is 110 Å². The summed E-state index contributed by atoms with van der Waals surface area (Å²) in [5.41, 5.74) is 13.5. The molecule has 0 fully saturated rings. The van der Waals surface area contributed by atoms with E-state index in [-0.39, 0.29) is 46.4 Å². The van der Waals surface area contributed by atoms with Crippen molar-refractivity contribution in [1.82, 2.24) is 8.80 Å². The second-order valence-corrected chi connectivity index (χ2v) is 22.6. The maximum Gasteiger partial charge on any atom is 0.0645 e. The summed E-state index contributed by atoms with van der Waals surface area (Å²) >= 11 is 0. The van der Waals surface area contributed by atoms with Crippen molar-refractivity contribution in [3.8, 4) is 22.3 Å². The summed E-state index contributed by atoms with van der Waals surface area (Å²) in [5.74, 6) is 0. The summed E-state index contributed by atoms with van der Waals surface area (Å²) in [6.45, 7) is 13.0. The van der Waals surface area contributed by atoms with Gasteiger partial charge in [-0.1, -0.05) is 199 Å². The molecule has 374 valence electrons. The molecule has 0 saturated heterocycles.